The quantitative estimate of drug-likeness (QED) is 0.599. The molecule has 6 heteroatoms. The highest BCUT2D eigenvalue weighted by Gasteiger charge is 2.44. The highest BCUT2D eigenvalue weighted by Crippen LogP contribution is 2.22. The van der Waals surface area contributed by atoms with Gasteiger partial charge < -0.3 is 15.3 Å². The summed E-state index contributed by atoms with van der Waals surface area (Å²) in [4.78, 5) is 22.7. The summed E-state index contributed by atoms with van der Waals surface area (Å²) in [6, 6.07) is 0. The Balaban J connectivity index is 2.78. The van der Waals surface area contributed by atoms with Crippen molar-refractivity contribution in [3.63, 3.8) is 0 Å². The molecule has 6 nitrogen and oxygen atoms in total. The predicted molar refractivity (Wildman–Crippen MR) is 50.3 cm³/mol. The highest BCUT2D eigenvalue weighted by molar-refractivity contribution is 5.83. The fourth-order valence-corrected chi connectivity index (χ4v) is 1.80. The molecular formula is C9H15NO5. The minimum Gasteiger partial charge on any atom is -0.481 e. The molecule has 0 aromatic heterocycles. The number of hydrogen-bond acceptors (Lipinski definition) is 4. The standard InChI is InChI=1S/C9H15NO5/c11-7(12)6-9(15,8(13)14)10-4-2-1-3-5-10/h15H,1-6H2,(H,11,12)(H,13,14). The van der Waals surface area contributed by atoms with Gasteiger partial charge in [-0.2, -0.15) is 0 Å². The van der Waals surface area contributed by atoms with Gasteiger partial charge in [-0.1, -0.05) is 6.42 Å². The third kappa shape index (κ3) is 2.66. The average Bonchev–Trinajstić information content (AvgIpc) is 2.17. The number of aliphatic hydroxyl groups is 1. The topological polar surface area (TPSA) is 98.1 Å². The van der Waals surface area contributed by atoms with Gasteiger partial charge in [0.05, 0.1) is 6.42 Å². The van der Waals surface area contributed by atoms with E-state index >= 15 is 0 Å². The van der Waals surface area contributed by atoms with Crippen LogP contribution in [0.3, 0.4) is 0 Å². The van der Waals surface area contributed by atoms with Crippen LogP contribution in [-0.2, 0) is 9.59 Å². The molecule has 0 radical (unpaired) electrons. The van der Waals surface area contributed by atoms with Crippen molar-refractivity contribution in [2.24, 2.45) is 0 Å². The summed E-state index contributed by atoms with van der Waals surface area (Å²) in [6.45, 7) is 0.853. The molecule has 1 fully saturated rings. The van der Waals surface area contributed by atoms with Crippen LogP contribution in [0.25, 0.3) is 0 Å². The number of carboxylic acids is 2. The molecule has 0 bridgehead atoms. The SMILES string of the molecule is O=C(O)CC(O)(C(=O)O)N1CCCCC1. The summed E-state index contributed by atoms with van der Waals surface area (Å²) in [5.74, 6) is -2.81. The van der Waals surface area contributed by atoms with Crippen molar-refractivity contribution in [1.29, 1.82) is 0 Å². The number of hydrogen-bond donors (Lipinski definition) is 3. The first-order valence-electron chi connectivity index (χ1n) is 4.89. The second kappa shape index (κ2) is 4.59. The van der Waals surface area contributed by atoms with Gasteiger partial charge in [-0.25, -0.2) is 4.79 Å². The predicted octanol–water partition coefficient (Wildman–Crippen LogP) is -0.280. The molecule has 15 heavy (non-hydrogen) atoms. The van der Waals surface area contributed by atoms with E-state index in [1.54, 1.807) is 0 Å². The zero-order valence-electron chi connectivity index (χ0n) is 8.35. The van der Waals surface area contributed by atoms with Crippen molar-refractivity contribution in [2.45, 2.75) is 31.4 Å². The number of likely N-dealkylation sites (tertiary alicyclic amines) is 1. The molecule has 0 aromatic rings. The highest BCUT2D eigenvalue weighted by atomic mass is 16.4. The van der Waals surface area contributed by atoms with E-state index in [0.29, 0.717) is 13.1 Å². The fraction of sp³-hybridized carbons (Fsp3) is 0.778. The Morgan fingerprint density at radius 1 is 1.13 bits per heavy atom. The molecule has 1 aliphatic rings. The lowest BCUT2D eigenvalue weighted by Crippen LogP contribution is -2.57. The van der Waals surface area contributed by atoms with Gasteiger partial charge in [0.2, 0.25) is 5.72 Å². The van der Waals surface area contributed by atoms with Crippen LogP contribution < -0.4 is 0 Å². The molecule has 0 aliphatic carbocycles. The maximum absolute atomic E-state index is 10.9. The Morgan fingerprint density at radius 2 is 1.67 bits per heavy atom. The molecule has 1 saturated heterocycles. The molecule has 0 spiro atoms. The van der Waals surface area contributed by atoms with Crippen LogP contribution >= 0.6 is 0 Å². The first-order chi connectivity index (χ1) is 6.97. The van der Waals surface area contributed by atoms with E-state index in [1.807, 2.05) is 0 Å². The maximum Gasteiger partial charge on any atom is 0.352 e. The summed E-state index contributed by atoms with van der Waals surface area (Å²) in [6.07, 6.45) is 1.77. The molecule has 0 aromatic carbocycles. The smallest absolute Gasteiger partial charge is 0.352 e. The van der Waals surface area contributed by atoms with Crippen LogP contribution in [0.15, 0.2) is 0 Å². The molecule has 0 saturated carbocycles. The first kappa shape index (κ1) is 11.9. The molecule has 1 aliphatic heterocycles. The molecular weight excluding hydrogens is 202 g/mol. The Hall–Kier alpha value is -1.14. The van der Waals surface area contributed by atoms with Crippen LogP contribution in [0.4, 0.5) is 0 Å². The van der Waals surface area contributed by atoms with Gasteiger partial charge in [-0.05, 0) is 12.8 Å². The Kier molecular flexibility index (Phi) is 3.65. The van der Waals surface area contributed by atoms with E-state index in [-0.39, 0.29) is 0 Å². The van der Waals surface area contributed by atoms with Gasteiger partial charge in [-0.3, -0.25) is 9.69 Å². The van der Waals surface area contributed by atoms with Crippen molar-refractivity contribution < 1.29 is 24.9 Å². The molecule has 0 amide bonds. The summed E-state index contributed by atoms with van der Waals surface area (Å²) in [7, 11) is 0. The zero-order chi connectivity index (χ0) is 11.5. The number of aliphatic carboxylic acids is 2. The molecule has 1 atom stereocenters. The Morgan fingerprint density at radius 3 is 2.07 bits per heavy atom. The monoisotopic (exact) mass is 217 g/mol. The summed E-state index contributed by atoms with van der Waals surface area (Å²) in [5.41, 5.74) is -2.26. The van der Waals surface area contributed by atoms with Gasteiger partial charge in [0.1, 0.15) is 0 Å². The van der Waals surface area contributed by atoms with Gasteiger partial charge in [-0.15, -0.1) is 0 Å². The second-order valence-electron chi connectivity index (χ2n) is 3.74. The number of carbonyl (C=O) groups is 2. The maximum atomic E-state index is 10.9. The van der Waals surface area contributed by atoms with Gasteiger partial charge in [0.25, 0.3) is 0 Å². The third-order valence-corrected chi connectivity index (χ3v) is 2.62. The number of carboxylic acid groups (broad SMARTS) is 2. The minimum absolute atomic E-state index is 0.427. The average molecular weight is 217 g/mol. The van der Waals surface area contributed by atoms with Crippen LogP contribution in [-0.4, -0.2) is 51.0 Å². The number of piperidine rings is 1. The number of rotatable bonds is 4. The minimum atomic E-state index is -2.26. The lowest BCUT2D eigenvalue weighted by molar-refractivity contribution is -0.191. The molecule has 1 unspecified atom stereocenters. The van der Waals surface area contributed by atoms with E-state index in [0.717, 1.165) is 19.3 Å². The molecule has 86 valence electrons. The van der Waals surface area contributed by atoms with Crippen LogP contribution in [0.2, 0.25) is 0 Å². The van der Waals surface area contributed by atoms with Crippen molar-refractivity contribution in [3.8, 4) is 0 Å². The van der Waals surface area contributed by atoms with E-state index in [9.17, 15) is 14.7 Å². The molecule has 1 rings (SSSR count). The number of nitrogens with zero attached hydrogens (tertiary/aromatic N) is 1. The lowest BCUT2D eigenvalue weighted by atomic mass is 10.0. The van der Waals surface area contributed by atoms with Crippen LogP contribution in [0, 0.1) is 0 Å². The first-order valence-corrected chi connectivity index (χ1v) is 4.89. The third-order valence-electron chi connectivity index (χ3n) is 2.62. The fourth-order valence-electron chi connectivity index (χ4n) is 1.80. The summed E-state index contributed by atoms with van der Waals surface area (Å²) in [5, 5.41) is 27.3. The molecule has 3 N–H and O–H groups in total. The van der Waals surface area contributed by atoms with E-state index in [2.05, 4.69) is 0 Å². The van der Waals surface area contributed by atoms with Crippen LogP contribution in [0.1, 0.15) is 25.7 Å². The Labute approximate surface area is 87.1 Å². The van der Waals surface area contributed by atoms with E-state index < -0.39 is 24.1 Å². The van der Waals surface area contributed by atoms with Crippen molar-refractivity contribution in [1.82, 2.24) is 4.90 Å². The van der Waals surface area contributed by atoms with E-state index in [4.69, 9.17) is 10.2 Å². The van der Waals surface area contributed by atoms with E-state index in [1.165, 1.54) is 4.90 Å². The summed E-state index contributed by atoms with van der Waals surface area (Å²) >= 11 is 0. The van der Waals surface area contributed by atoms with Crippen molar-refractivity contribution in [2.75, 3.05) is 13.1 Å². The van der Waals surface area contributed by atoms with Gasteiger partial charge in [0.15, 0.2) is 0 Å². The molecule has 1 heterocycles. The van der Waals surface area contributed by atoms with Crippen molar-refractivity contribution in [3.05, 3.63) is 0 Å². The summed E-state index contributed by atoms with van der Waals surface area (Å²) < 4.78 is 0. The Bertz CT molecular complexity index is 261. The van der Waals surface area contributed by atoms with Gasteiger partial charge >= 0.3 is 11.9 Å². The van der Waals surface area contributed by atoms with Gasteiger partial charge in [0, 0.05) is 13.1 Å². The van der Waals surface area contributed by atoms with Crippen molar-refractivity contribution >= 4 is 11.9 Å². The normalized spacial score (nSPS) is 21.9. The van der Waals surface area contributed by atoms with Crippen LogP contribution in [0.5, 0.6) is 0 Å². The second-order valence-corrected chi connectivity index (χ2v) is 3.74. The largest absolute Gasteiger partial charge is 0.481 e. The lowest BCUT2D eigenvalue weighted by Gasteiger charge is -2.37. The zero-order valence-corrected chi connectivity index (χ0v) is 8.35.